The molecule has 1 atom stereocenters. The van der Waals surface area contributed by atoms with Gasteiger partial charge in [-0.1, -0.05) is 11.1 Å². The normalized spacial score (nSPS) is 24.3. The topological polar surface area (TPSA) is 52.6 Å². The molecule has 0 aromatic heterocycles. The summed E-state index contributed by atoms with van der Waals surface area (Å²) in [6.45, 7) is 6.10. The van der Waals surface area contributed by atoms with Crippen LogP contribution in [0.2, 0.25) is 0 Å². The maximum atomic E-state index is 12.3. The van der Waals surface area contributed by atoms with E-state index in [1.165, 1.54) is 5.57 Å². The van der Waals surface area contributed by atoms with Crippen LogP contribution < -0.4 is 0 Å². The van der Waals surface area contributed by atoms with E-state index in [9.17, 15) is 9.59 Å². The molecule has 0 aliphatic heterocycles. The van der Waals surface area contributed by atoms with E-state index in [1.54, 1.807) is 13.8 Å². The van der Waals surface area contributed by atoms with Gasteiger partial charge in [-0.25, -0.2) is 0 Å². The van der Waals surface area contributed by atoms with Crippen LogP contribution in [0.1, 0.15) is 40.0 Å². The molecular formula is C14H20O4. The Hall–Kier alpha value is -1.32. The van der Waals surface area contributed by atoms with Crippen LogP contribution in [0, 0.1) is 11.3 Å². The van der Waals surface area contributed by atoms with E-state index in [1.807, 2.05) is 6.92 Å². The molecule has 0 saturated heterocycles. The van der Waals surface area contributed by atoms with Gasteiger partial charge in [0.25, 0.3) is 0 Å². The number of carbonyl (C=O) groups is 2. The lowest BCUT2D eigenvalue weighted by atomic mass is 9.66. The zero-order valence-corrected chi connectivity index (χ0v) is 11.2. The van der Waals surface area contributed by atoms with Gasteiger partial charge in [0.15, 0.2) is 5.41 Å². The second-order valence-electron chi connectivity index (χ2n) is 4.99. The van der Waals surface area contributed by atoms with E-state index in [-0.39, 0.29) is 5.92 Å². The summed E-state index contributed by atoms with van der Waals surface area (Å²) in [5.74, 6) is -0.819. The SMILES string of the molecule is CCOC(=O)C1(C(=O)OCC)CC(C)=C2CCC21. The maximum Gasteiger partial charge on any atom is 0.324 e. The van der Waals surface area contributed by atoms with E-state index >= 15 is 0 Å². The predicted molar refractivity (Wildman–Crippen MR) is 65.7 cm³/mol. The molecule has 4 heteroatoms. The predicted octanol–water partition coefficient (Wildman–Crippen LogP) is 2.23. The number of carbonyl (C=O) groups excluding carboxylic acids is 2. The first-order chi connectivity index (χ1) is 8.57. The number of ether oxygens (including phenoxy) is 2. The average Bonchev–Trinajstić information content (AvgIpc) is 2.46. The molecule has 0 aromatic carbocycles. The fourth-order valence-corrected chi connectivity index (χ4v) is 3.17. The standard InChI is InChI=1S/C14H20O4/c1-4-17-12(15)14(13(16)18-5-2)8-9(3)10-6-7-11(10)14/h11H,4-8H2,1-3H3. The second kappa shape index (κ2) is 4.75. The van der Waals surface area contributed by atoms with Crippen molar-refractivity contribution in [3.8, 4) is 0 Å². The van der Waals surface area contributed by atoms with E-state index in [2.05, 4.69) is 0 Å². The molecule has 0 N–H and O–H groups in total. The molecule has 1 saturated carbocycles. The number of hydrogen-bond acceptors (Lipinski definition) is 4. The van der Waals surface area contributed by atoms with Crippen LogP contribution in [0.15, 0.2) is 11.1 Å². The van der Waals surface area contributed by atoms with Gasteiger partial charge in [0.1, 0.15) is 0 Å². The van der Waals surface area contributed by atoms with E-state index in [4.69, 9.17) is 9.47 Å². The highest BCUT2D eigenvalue weighted by molar-refractivity contribution is 6.02. The minimum Gasteiger partial charge on any atom is -0.465 e. The molecule has 2 aliphatic rings. The van der Waals surface area contributed by atoms with Gasteiger partial charge in [0.05, 0.1) is 13.2 Å². The van der Waals surface area contributed by atoms with Crippen LogP contribution in [0.3, 0.4) is 0 Å². The average molecular weight is 252 g/mol. The van der Waals surface area contributed by atoms with Gasteiger partial charge in [-0.2, -0.15) is 0 Å². The fraction of sp³-hybridized carbons (Fsp3) is 0.714. The Balaban J connectivity index is 2.31. The van der Waals surface area contributed by atoms with Crippen molar-refractivity contribution in [3.63, 3.8) is 0 Å². The van der Waals surface area contributed by atoms with Crippen LogP contribution in [0.5, 0.6) is 0 Å². The third-order valence-corrected chi connectivity index (χ3v) is 4.09. The summed E-state index contributed by atoms with van der Waals surface area (Å²) in [6.07, 6.45) is 2.34. The third-order valence-electron chi connectivity index (χ3n) is 4.09. The van der Waals surface area contributed by atoms with Crippen molar-refractivity contribution < 1.29 is 19.1 Å². The minimum absolute atomic E-state index is 0.00981. The summed E-state index contributed by atoms with van der Waals surface area (Å²) < 4.78 is 10.3. The summed E-state index contributed by atoms with van der Waals surface area (Å²) in [5.41, 5.74) is 1.33. The Morgan fingerprint density at radius 3 is 2.11 bits per heavy atom. The van der Waals surface area contributed by atoms with Gasteiger partial charge in [0.2, 0.25) is 0 Å². The van der Waals surface area contributed by atoms with Crippen molar-refractivity contribution in [2.45, 2.75) is 40.0 Å². The maximum absolute atomic E-state index is 12.3. The molecular weight excluding hydrogens is 232 g/mol. The molecule has 0 bridgehead atoms. The monoisotopic (exact) mass is 252 g/mol. The molecule has 1 unspecified atom stereocenters. The summed E-state index contributed by atoms with van der Waals surface area (Å²) in [6, 6.07) is 0. The number of esters is 2. The molecule has 0 spiro atoms. The van der Waals surface area contributed by atoms with Gasteiger partial charge in [-0.05, 0) is 40.0 Å². The number of fused-ring (bicyclic) bond motifs is 1. The minimum atomic E-state index is -1.09. The molecule has 4 nitrogen and oxygen atoms in total. The van der Waals surface area contributed by atoms with E-state index < -0.39 is 17.4 Å². The Morgan fingerprint density at radius 2 is 1.78 bits per heavy atom. The summed E-state index contributed by atoms with van der Waals surface area (Å²) >= 11 is 0. The van der Waals surface area contributed by atoms with Crippen LogP contribution >= 0.6 is 0 Å². The zero-order valence-electron chi connectivity index (χ0n) is 11.2. The smallest absolute Gasteiger partial charge is 0.324 e. The first-order valence-electron chi connectivity index (χ1n) is 6.60. The van der Waals surface area contributed by atoms with Crippen LogP contribution in [0.4, 0.5) is 0 Å². The summed E-state index contributed by atoms with van der Waals surface area (Å²) in [5, 5.41) is 0. The first-order valence-corrected chi connectivity index (χ1v) is 6.60. The molecule has 2 aliphatic carbocycles. The highest BCUT2D eigenvalue weighted by Gasteiger charge is 2.61. The molecule has 0 heterocycles. The van der Waals surface area contributed by atoms with Crippen LogP contribution in [-0.4, -0.2) is 25.2 Å². The molecule has 0 amide bonds. The largest absolute Gasteiger partial charge is 0.465 e. The van der Waals surface area contributed by atoms with Crippen molar-refractivity contribution in [2.75, 3.05) is 13.2 Å². The van der Waals surface area contributed by atoms with Crippen molar-refractivity contribution in [2.24, 2.45) is 11.3 Å². The first kappa shape index (κ1) is 13.1. The number of rotatable bonds is 4. The fourth-order valence-electron chi connectivity index (χ4n) is 3.17. The second-order valence-corrected chi connectivity index (χ2v) is 4.99. The number of hydrogen-bond donors (Lipinski definition) is 0. The lowest BCUT2D eigenvalue weighted by Gasteiger charge is -2.37. The highest BCUT2D eigenvalue weighted by atomic mass is 16.6. The van der Waals surface area contributed by atoms with Gasteiger partial charge in [-0.15, -0.1) is 0 Å². The third kappa shape index (κ3) is 1.66. The van der Waals surface area contributed by atoms with Gasteiger partial charge in [-0.3, -0.25) is 9.59 Å². The molecule has 0 radical (unpaired) electrons. The van der Waals surface area contributed by atoms with E-state index in [0.717, 1.165) is 18.4 Å². The van der Waals surface area contributed by atoms with Gasteiger partial charge in [0, 0.05) is 5.92 Å². The highest BCUT2D eigenvalue weighted by Crippen LogP contribution is 2.57. The summed E-state index contributed by atoms with van der Waals surface area (Å²) in [4.78, 5) is 24.5. The van der Waals surface area contributed by atoms with Gasteiger partial charge < -0.3 is 9.47 Å². The van der Waals surface area contributed by atoms with E-state index in [0.29, 0.717) is 19.6 Å². The summed E-state index contributed by atoms with van der Waals surface area (Å²) in [7, 11) is 0. The Morgan fingerprint density at radius 1 is 1.22 bits per heavy atom. The quantitative estimate of drug-likeness (QED) is 0.437. The molecule has 2 rings (SSSR count). The zero-order chi connectivity index (χ0) is 13.3. The molecule has 18 heavy (non-hydrogen) atoms. The number of allylic oxidation sites excluding steroid dienone is 2. The molecule has 0 aromatic rings. The lowest BCUT2D eigenvalue weighted by Crippen LogP contribution is -2.48. The Labute approximate surface area is 107 Å². The van der Waals surface area contributed by atoms with Crippen molar-refractivity contribution in [3.05, 3.63) is 11.1 Å². The Bertz CT molecular complexity index is 390. The lowest BCUT2D eigenvalue weighted by molar-refractivity contribution is -0.176. The molecule has 100 valence electrons. The van der Waals surface area contributed by atoms with Crippen molar-refractivity contribution >= 4 is 11.9 Å². The van der Waals surface area contributed by atoms with Crippen LogP contribution in [0.25, 0.3) is 0 Å². The van der Waals surface area contributed by atoms with Crippen molar-refractivity contribution in [1.82, 2.24) is 0 Å². The van der Waals surface area contributed by atoms with Crippen molar-refractivity contribution in [1.29, 1.82) is 0 Å². The van der Waals surface area contributed by atoms with Gasteiger partial charge >= 0.3 is 11.9 Å². The molecule has 1 fully saturated rings. The Kier molecular flexibility index (Phi) is 3.46. The van der Waals surface area contributed by atoms with Crippen LogP contribution in [-0.2, 0) is 19.1 Å².